The fourth-order valence-corrected chi connectivity index (χ4v) is 4.13. The highest BCUT2D eigenvalue weighted by Gasteiger charge is 2.19. The second-order valence-corrected chi connectivity index (χ2v) is 7.34. The Kier molecular flexibility index (Phi) is 6.78. The van der Waals surface area contributed by atoms with Crippen molar-refractivity contribution in [3.63, 3.8) is 0 Å². The van der Waals surface area contributed by atoms with Crippen LogP contribution in [0.1, 0.15) is 55.6 Å². The molecule has 3 rings (SSSR count). The van der Waals surface area contributed by atoms with E-state index in [9.17, 15) is 4.79 Å². The molecule has 2 heterocycles. The topological polar surface area (TPSA) is 46.5 Å². The quantitative estimate of drug-likeness (QED) is 0.679. The number of nitrogens with zero attached hydrogens (tertiary/aromatic N) is 2. The lowest BCUT2D eigenvalue weighted by molar-refractivity contribution is 0.0943. The van der Waals surface area contributed by atoms with Gasteiger partial charge in [0.15, 0.2) is 0 Å². The first-order valence-corrected chi connectivity index (χ1v) is 10.4. The molecule has 1 aromatic carbocycles. The van der Waals surface area contributed by atoms with Gasteiger partial charge in [0.2, 0.25) is 0 Å². The van der Waals surface area contributed by atoms with Crippen molar-refractivity contribution < 1.29 is 9.53 Å². The smallest absolute Gasteiger partial charge is 0.268 e. The Labute approximate surface area is 162 Å². The maximum Gasteiger partial charge on any atom is 0.268 e. The van der Waals surface area contributed by atoms with Gasteiger partial charge in [0.25, 0.3) is 5.91 Å². The number of carbonyl (C=O) groups is 1. The molecule has 0 aliphatic carbocycles. The van der Waals surface area contributed by atoms with Crippen LogP contribution in [0.5, 0.6) is 5.75 Å². The van der Waals surface area contributed by atoms with Crippen molar-refractivity contribution in [2.24, 2.45) is 0 Å². The molecule has 0 spiro atoms. The van der Waals surface area contributed by atoms with Crippen LogP contribution < -0.4 is 10.1 Å². The third kappa shape index (κ3) is 4.46. The Morgan fingerprint density at radius 2 is 1.96 bits per heavy atom. The monoisotopic (exact) mass is 371 g/mol. The number of benzene rings is 1. The summed E-state index contributed by atoms with van der Waals surface area (Å²) < 4.78 is 7.74. The number of hydrogen-bond donors (Lipinski definition) is 1. The average molecular weight is 372 g/mol. The van der Waals surface area contributed by atoms with E-state index >= 15 is 0 Å². The van der Waals surface area contributed by atoms with Crippen molar-refractivity contribution in [3.8, 4) is 5.75 Å². The normalized spacial score (nSPS) is 14.8. The highest BCUT2D eigenvalue weighted by Crippen LogP contribution is 2.29. The lowest BCUT2D eigenvalue weighted by atomic mass is 10.1. The van der Waals surface area contributed by atoms with Gasteiger partial charge in [0.1, 0.15) is 11.4 Å². The van der Waals surface area contributed by atoms with Crippen molar-refractivity contribution in [1.82, 2.24) is 14.8 Å². The summed E-state index contributed by atoms with van der Waals surface area (Å²) in [4.78, 5) is 15.4. The predicted octanol–water partition coefficient (Wildman–Crippen LogP) is 3.97. The molecular weight excluding hydrogens is 338 g/mol. The summed E-state index contributed by atoms with van der Waals surface area (Å²) in [6.07, 6.45) is 4.85. The number of ether oxygens (including phenoxy) is 1. The summed E-state index contributed by atoms with van der Waals surface area (Å²) in [7, 11) is 0. The first-order valence-electron chi connectivity index (χ1n) is 10.4. The zero-order chi connectivity index (χ0) is 19.2. The number of nitrogens with one attached hydrogen (secondary N) is 1. The summed E-state index contributed by atoms with van der Waals surface area (Å²) in [6.45, 7) is 11.9. The minimum absolute atomic E-state index is 0.0321. The molecule has 5 nitrogen and oxygen atoms in total. The van der Waals surface area contributed by atoms with Crippen LogP contribution in [0.2, 0.25) is 0 Å². The van der Waals surface area contributed by atoms with Gasteiger partial charge in [-0.15, -0.1) is 0 Å². The van der Waals surface area contributed by atoms with E-state index < -0.39 is 0 Å². The number of unbranched alkanes of at least 4 members (excludes halogenated alkanes) is 1. The van der Waals surface area contributed by atoms with Crippen LogP contribution in [0.15, 0.2) is 18.2 Å². The van der Waals surface area contributed by atoms with Crippen molar-refractivity contribution in [2.45, 2.75) is 53.0 Å². The summed E-state index contributed by atoms with van der Waals surface area (Å²) >= 11 is 0. The SMILES string of the molecule is CCOc1ccc2c(c1)c(C)c(C(=O)NCCCCN1CCCC1)n2CC. The number of amides is 1. The van der Waals surface area contributed by atoms with Gasteiger partial charge in [0, 0.05) is 24.0 Å². The van der Waals surface area contributed by atoms with Crippen molar-refractivity contribution >= 4 is 16.8 Å². The van der Waals surface area contributed by atoms with E-state index in [1.54, 1.807) is 0 Å². The van der Waals surface area contributed by atoms with Gasteiger partial charge in [-0.3, -0.25) is 4.79 Å². The van der Waals surface area contributed by atoms with E-state index in [0.29, 0.717) is 6.61 Å². The molecule has 1 N–H and O–H groups in total. The van der Waals surface area contributed by atoms with Gasteiger partial charge in [-0.1, -0.05) is 0 Å². The highest BCUT2D eigenvalue weighted by molar-refractivity contribution is 6.02. The molecule has 0 unspecified atom stereocenters. The Balaban J connectivity index is 1.65. The zero-order valence-electron chi connectivity index (χ0n) is 17.0. The Bertz CT molecular complexity index is 775. The second-order valence-electron chi connectivity index (χ2n) is 7.34. The van der Waals surface area contributed by atoms with Crippen LogP contribution in [0.4, 0.5) is 0 Å². The number of fused-ring (bicyclic) bond motifs is 1. The fraction of sp³-hybridized carbons (Fsp3) is 0.591. The molecule has 1 aromatic heterocycles. The number of aryl methyl sites for hydroxylation is 2. The molecule has 2 aromatic rings. The Morgan fingerprint density at radius 1 is 1.19 bits per heavy atom. The maximum absolute atomic E-state index is 12.9. The molecular formula is C22H33N3O2. The van der Waals surface area contributed by atoms with Crippen LogP contribution >= 0.6 is 0 Å². The number of aromatic nitrogens is 1. The zero-order valence-corrected chi connectivity index (χ0v) is 17.0. The van der Waals surface area contributed by atoms with Gasteiger partial charge >= 0.3 is 0 Å². The van der Waals surface area contributed by atoms with Crippen LogP contribution in [-0.2, 0) is 6.54 Å². The van der Waals surface area contributed by atoms with Gasteiger partial charge in [-0.05, 0) is 89.9 Å². The van der Waals surface area contributed by atoms with E-state index in [-0.39, 0.29) is 5.91 Å². The molecule has 148 valence electrons. The van der Waals surface area contributed by atoms with E-state index in [1.165, 1.54) is 25.9 Å². The van der Waals surface area contributed by atoms with Gasteiger partial charge in [-0.25, -0.2) is 0 Å². The van der Waals surface area contributed by atoms with Gasteiger partial charge < -0.3 is 19.5 Å². The molecule has 27 heavy (non-hydrogen) atoms. The van der Waals surface area contributed by atoms with Crippen LogP contribution in [-0.4, -0.2) is 48.2 Å². The minimum Gasteiger partial charge on any atom is -0.494 e. The van der Waals surface area contributed by atoms with E-state index in [1.807, 2.05) is 26.0 Å². The maximum atomic E-state index is 12.9. The second kappa shape index (κ2) is 9.27. The number of hydrogen-bond acceptors (Lipinski definition) is 3. The first kappa shape index (κ1) is 19.7. The third-order valence-electron chi connectivity index (χ3n) is 5.52. The van der Waals surface area contributed by atoms with Crippen molar-refractivity contribution in [3.05, 3.63) is 29.5 Å². The molecule has 1 saturated heterocycles. The van der Waals surface area contributed by atoms with Crippen molar-refractivity contribution in [1.29, 1.82) is 0 Å². The molecule has 0 bridgehead atoms. The molecule has 1 aliphatic rings. The minimum atomic E-state index is 0.0321. The summed E-state index contributed by atoms with van der Waals surface area (Å²) in [5.74, 6) is 0.889. The molecule has 0 saturated carbocycles. The summed E-state index contributed by atoms with van der Waals surface area (Å²) in [6, 6.07) is 6.09. The molecule has 5 heteroatoms. The third-order valence-corrected chi connectivity index (χ3v) is 5.52. The Hall–Kier alpha value is -2.01. The average Bonchev–Trinajstić information content (AvgIpc) is 3.28. The first-order chi connectivity index (χ1) is 13.2. The van der Waals surface area contributed by atoms with E-state index in [0.717, 1.165) is 60.4 Å². The molecule has 1 amide bonds. The molecule has 1 fully saturated rings. The number of rotatable bonds is 9. The van der Waals surface area contributed by atoms with Crippen LogP contribution in [0.25, 0.3) is 10.9 Å². The molecule has 0 radical (unpaired) electrons. The van der Waals surface area contributed by atoms with Crippen molar-refractivity contribution in [2.75, 3.05) is 32.8 Å². The molecule has 1 aliphatic heterocycles. The van der Waals surface area contributed by atoms with E-state index in [4.69, 9.17) is 4.74 Å². The molecule has 0 atom stereocenters. The lowest BCUT2D eigenvalue weighted by Gasteiger charge is -2.14. The highest BCUT2D eigenvalue weighted by atomic mass is 16.5. The standard InChI is InChI=1S/C22H33N3O2/c1-4-25-20-11-10-18(27-5-2)16-19(20)17(3)21(25)22(26)23-12-6-7-13-24-14-8-9-15-24/h10-11,16H,4-9,12-15H2,1-3H3,(H,23,26). The number of carbonyl (C=O) groups excluding carboxylic acids is 1. The van der Waals surface area contributed by atoms with Gasteiger partial charge in [-0.2, -0.15) is 0 Å². The summed E-state index contributed by atoms with van der Waals surface area (Å²) in [5.41, 5.74) is 2.90. The number of likely N-dealkylation sites (tertiary alicyclic amines) is 1. The predicted molar refractivity (Wildman–Crippen MR) is 111 cm³/mol. The van der Waals surface area contributed by atoms with Crippen LogP contribution in [0, 0.1) is 6.92 Å². The van der Waals surface area contributed by atoms with E-state index in [2.05, 4.69) is 27.8 Å². The van der Waals surface area contributed by atoms with Crippen LogP contribution in [0.3, 0.4) is 0 Å². The Morgan fingerprint density at radius 3 is 2.67 bits per heavy atom. The largest absolute Gasteiger partial charge is 0.494 e. The lowest BCUT2D eigenvalue weighted by Crippen LogP contribution is -2.28. The van der Waals surface area contributed by atoms with Gasteiger partial charge in [0.05, 0.1) is 6.61 Å². The summed E-state index contributed by atoms with van der Waals surface area (Å²) in [5, 5.41) is 4.23. The fourth-order valence-electron chi connectivity index (χ4n) is 4.13.